The summed E-state index contributed by atoms with van der Waals surface area (Å²) in [6.45, 7) is 6.41. The van der Waals surface area contributed by atoms with E-state index in [1.165, 1.54) is 4.57 Å². The van der Waals surface area contributed by atoms with Gasteiger partial charge in [-0.25, -0.2) is 4.79 Å². The van der Waals surface area contributed by atoms with Crippen molar-refractivity contribution in [3.05, 3.63) is 22.6 Å². The number of H-pyrrole nitrogens is 1. The number of esters is 1. The summed E-state index contributed by atoms with van der Waals surface area (Å²) >= 11 is 0. The van der Waals surface area contributed by atoms with Crippen molar-refractivity contribution in [2.24, 2.45) is 7.05 Å². The maximum Gasteiger partial charge on any atom is 0.328 e. The highest BCUT2D eigenvalue weighted by molar-refractivity contribution is 5.98. The third-order valence-electron chi connectivity index (χ3n) is 5.29. The zero-order valence-electron chi connectivity index (χ0n) is 17.2. The molecule has 3 aromatic heterocycles. The molecular formula is C19H25N7O4. The summed E-state index contributed by atoms with van der Waals surface area (Å²) in [6, 6.07) is 1.12. The van der Waals surface area contributed by atoms with Gasteiger partial charge in [0, 0.05) is 38.0 Å². The molecule has 1 aliphatic rings. The van der Waals surface area contributed by atoms with Crippen LogP contribution in [0, 0.1) is 0 Å². The first kappa shape index (κ1) is 20.0. The number of pyridine rings is 1. The van der Waals surface area contributed by atoms with Gasteiger partial charge in [0.15, 0.2) is 5.82 Å². The summed E-state index contributed by atoms with van der Waals surface area (Å²) in [5, 5.41) is 11.7. The lowest BCUT2D eigenvalue weighted by atomic mass is 10.1. The largest absolute Gasteiger partial charge is 0.464 e. The van der Waals surface area contributed by atoms with Gasteiger partial charge in [-0.2, -0.15) is 10.2 Å². The van der Waals surface area contributed by atoms with Gasteiger partial charge >= 0.3 is 5.97 Å². The Labute approximate surface area is 172 Å². The lowest BCUT2D eigenvalue weighted by Gasteiger charge is -2.28. The fraction of sp³-hybridized carbons (Fsp3) is 0.474. The van der Waals surface area contributed by atoms with E-state index >= 15 is 0 Å². The van der Waals surface area contributed by atoms with E-state index in [0.29, 0.717) is 30.0 Å². The quantitative estimate of drug-likeness (QED) is 0.581. The van der Waals surface area contributed by atoms with E-state index < -0.39 is 17.6 Å². The van der Waals surface area contributed by atoms with Crippen LogP contribution in [0.2, 0.25) is 0 Å². The molecule has 0 aliphatic carbocycles. The topological polar surface area (TPSA) is 133 Å². The minimum Gasteiger partial charge on any atom is -0.464 e. The van der Waals surface area contributed by atoms with Crippen LogP contribution in [0.3, 0.4) is 0 Å². The van der Waals surface area contributed by atoms with Crippen LogP contribution in [0.1, 0.15) is 19.9 Å². The number of nitrogens with zero attached hydrogens (tertiary/aromatic N) is 5. The van der Waals surface area contributed by atoms with Crippen molar-refractivity contribution in [1.82, 2.24) is 24.5 Å². The van der Waals surface area contributed by atoms with Gasteiger partial charge in [0.1, 0.15) is 17.2 Å². The zero-order valence-corrected chi connectivity index (χ0v) is 17.2. The van der Waals surface area contributed by atoms with E-state index in [4.69, 9.17) is 15.2 Å². The smallest absolute Gasteiger partial charge is 0.328 e. The first-order valence-electron chi connectivity index (χ1n) is 9.84. The number of anilines is 2. The van der Waals surface area contributed by atoms with Crippen LogP contribution in [0.4, 0.5) is 11.6 Å². The van der Waals surface area contributed by atoms with E-state index in [9.17, 15) is 9.59 Å². The number of aryl methyl sites for hydroxylation is 1. The molecule has 4 heterocycles. The number of aromatic amines is 1. The van der Waals surface area contributed by atoms with Crippen molar-refractivity contribution in [2.75, 3.05) is 43.5 Å². The molecule has 11 nitrogen and oxygen atoms in total. The molecule has 0 saturated carbocycles. The summed E-state index contributed by atoms with van der Waals surface area (Å²) in [4.78, 5) is 27.5. The number of nitrogens with two attached hydrogens (primary N) is 1. The fourth-order valence-electron chi connectivity index (χ4n) is 3.69. The minimum atomic E-state index is -0.822. The maximum absolute atomic E-state index is 13.0. The number of hydrogen-bond donors (Lipinski definition) is 2. The van der Waals surface area contributed by atoms with Crippen LogP contribution in [-0.2, 0) is 21.3 Å². The summed E-state index contributed by atoms with van der Waals surface area (Å²) in [5.41, 5.74) is 7.29. The van der Waals surface area contributed by atoms with Gasteiger partial charge in [-0.3, -0.25) is 14.6 Å². The van der Waals surface area contributed by atoms with E-state index in [0.717, 1.165) is 18.9 Å². The monoisotopic (exact) mass is 415 g/mol. The Hall–Kier alpha value is -3.34. The molecule has 1 fully saturated rings. The number of carbonyl (C=O) groups excluding carboxylic acids is 1. The second-order valence-electron chi connectivity index (χ2n) is 7.15. The summed E-state index contributed by atoms with van der Waals surface area (Å²) < 4.78 is 13.6. The number of nitrogens with one attached hydrogen (secondary N) is 1. The van der Waals surface area contributed by atoms with Crippen LogP contribution >= 0.6 is 0 Å². The van der Waals surface area contributed by atoms with Crippen molar-refractivity contribution in [3.63, 3.8) is 0 Å². The molecule has 0 aromatic carbocycles. The zero-order chi connectivity index (χ0) is 21.4. The van der Waals surface area contributed by atoms with Crippen LogP contribution in [0.5, 0.6) is 0 Å². The fourth-order valence-corrected chi connectivity index (χ4v) is 3.69. The van der Waals surface area contributed by atoms with Gasteiger partial charge in [0.05, 0.1) is 31.0 Å². The Bertz CT molecular complexity index is 1140. The Morgan fingerprint density at radius 3 is 2.83 bits per heavy atom. The minimum absolute atomic E-state index is 0.0750. The number of fused-ring (bicyclic) bond motifs is 1. The molecule has 0 bridgehead atoms. The Kier molecular flexibility index (Phi) is 5.20. The first-order chi connectivity index (χ1) is 14.4. The summed E-state index contributed by atoms with van der Waals surface area (Å²) in [5.74, 6) is 0.512. The molecule has 1 atom stereocenters. The number of hydrogen-bond acceptors (Lipinski definition) is 8. The molecular weight excluding hydrogens is 390 g/mol. The normalized spacial score (nSPS) is 15.5. The lowest BCUT2D eigenvalue weighted by Crippen LogP contribution is -2.37. The Balaban J connectivity index is 1.86. The molecule has 3 N–H and O–H groups in total. The second-order valence-corrected chi connectivity index (χ2v) is 7.15. The first-order valence-corrected chi connectivity index (χ1v) is 9.84. The van der Waals surface area contributed by atoms with Crippen LogP contribution in [0.15, 0.2) is 17.1 Å². The van der Waals surface area contributed by atoms with Crippen molar-refractivity contribution in [1.29, 1.82) is 0 Å². The highest BCUT2D eigenvalue weighted by Gasteiger charge is 2.25. The van der Waals surface area contributed by atoms with Crippen LogP contribution in [0.25, 0.3) is 22.2 Å². The third-order valence-corrected chi connectivity index (χ3v) is 5.29. The number of ether oxygens (including phenoxy) is 2. The highest BCUT2D eigenvalue weighted by atomic mass is 16.5. The van der Waals surface area contributed by atoms with Gasteiger partial charge < -0.3 is 24.7 Å². The van der Waals surface area contributed by atoms with Gasteiger partial charge in [0.2, 0.25) is 0 Å². The molecule has 30 heavy (non-hydrogen) atoms. The molecule has 0 radical (unpaired) electrons. The second kappa shape index (κ2) is 7.82. The number of aromatic nitrogens is 5. The van der Waals surface area contributed by atoms with Gasteiger partial charge in [0.25, 0.3) is 5.56 Å². The van der Waals surface area contributed by atoms with Crippen molar-refractivity contribution in [3.8, 4) is 11.3 Å². The molecule has 1 aliphatic heterocycles. The average molecular weight is 415 g/mol. The molecule has 3 aromatic rings. The predicted octanol–water partition coefficient (Wildman–Crippen LogP) is 0.668. The van der Waals surface area contributed by atoms with Crippen molar-refractivity contribution < 1.29 is 14.3 Å². The van der Waals surface area contributed by atoms with Gasteiger partial charge in [-0.15, -0.1) is 0 Å². The van der Waals surface area contributed by atoms with Gasteiger partial charge in [-0.1, -0.05) is 0 Å². The lowest BCUT2D eigenvalue weighted by molar-refractivity contribution is -0.146. The Morgan fingerprint density at radius 1 is 1.40 bits per heavy atom. The average Bonchev–Trinajstić information content (AvgIpc) is 3.32. The van der Waals surface area contributed by atoms with Crippen molar-refractivity contribution in [2.45, 2.75) is 19.9 Å². The standard InChI is InChI=1S/C19H25N7O4/c1-4-30-19(28)11(2)26-10-12(16-15(18(26)27)17(20)22-21-16)13-9-14(24(3)23-13)25-5-7-29-8-6-25/h9-11H,4-8H2,1-3H3,(H3,20,21,22). The predicted molar refractivity (Wildman–Crippen MR) is 111 cm³/mol. The molecule has 160 valence electrons. The molecule has 0 amide bonds. The van der Waals surface area contributed by atoms with Crippen molar-refractivity contribution >= 4 is 28.5 Å². The number of carbonyl (C=O) groups is 1. The number of rotatable bonds is 5. The van der Waals surface area contributed by atoms with E-state index in [1.807, 2.05) is 13.1 Å². The van der Waals surface area contributed by atoms with Crippen LogP contribution < -0.4 is 16.2 Å². The maximum atomic E-state index is 13.0. The van der Waals surface area contributed by atoms with E-state index in [2.05, 4.69) is 20.2 Å². The molecule has 1 saturated heterocycles. The van der Waals surface area contributed by atoms with Crippen LogP contribution in [-0.4, -0.2) is 63.4 Å². The van der Waals surface area contributed by atoms with E-state index in [-0.39, 0.29) is 17.8 Å². The van der Waals surface area contributed by atoms with Gasteiger partial charge in [-0.05, 0) is 13.8 Å². The molecule has 4 rings (SSSR count). The number of morpholine rings is 1. The number of nitrogen functional groups attached to an aromatic ring is 1. The molecule has 0 spiro atoms. The third kappa shape index (κ3) is 3.30. The molecule has 11 heteroatoms. The van der Waals surface area contributed by atoms with E-state index in [1.54, 1.807) is 24.7 Å². The summed E-state index contributed by atoms with van der Waals surface area (Å²) in [7, 11) is 1.87. The summed E-state index contributed by atoms with van der Waals surface area (Å²) in [6.07, 6.45) is 1.61. The Morgan fingerprint density at radius 2 is 2.13 bits per heavy atom. The molecule has 1 unspecified atom stereocenters. The highest BCUT2D eigenvalue weighted by Crippen LogP contribution is 2.30. The SMILES string of the molecule is CCOC(=O)C(C)n1cc(-c2cc(N3CCOCC3)n(C)n2)c2[nH]nc(N)c2c1=O.